The van der Waals surface area contributed by atoms with E-state index < -0.39 is 0 Å². The first kappa shape index (κ1) is 10.1. The van der Waals surface area contributed by atoms with E-state index in [2.05, 4.69) is 10.3 Å². The number of carbonyl (C=O) groups excluding carboxylic acids is 1. The second-order valence-electron chi connectivity index (χ2n) is 4.89. The van der Waals surface area contributed by atoms with E-state index in [1.54, 1.807) is 5.38 Å². The number of hydrogen-bond donors (Lipinski definition) is 2. The van der Waals surface area contributed by atoms with E-state index in [1.165, 1.54) is 37.0 Å². The van der Waals surface area contributed by atoms with Gasteiger partial charge in [-0.1, -0.05) is 0 Å². The summed E-state index contributed by atoms with van der Waals surface area (Å²) in [6, 6.07) is 0. The Labute approximate surface area is 98.3 Å². The zero-order chi connectivity index (χ0) is 11.2. The second-order valence-corrected chi connectivity index (χ2v) is 5.78. The molecule has 3 rings (SSSR count). The molecule has 2 aliphatic carbocycles. The third kappa shape index (κ3) is 1.80. The number of nitrogens with one attached hydrogen (secondary N) is 1. The highest BCUT2D eigenvalue weighted by Gasteiger charge is 2.53. The minimum absolute atomic E-state index is 0.0834. The fraction of sp³-hybridized carbons (Fsp3) is 0.636. The van der Waals surface area contributed by atoms with Gasteiger partial charge in [-0.25, -0.2) is 4.98 Å². The van der Waals surface area contributed by atoms with Crippen molar-refractivity contribution < 1.29 is 4.79 Å². The molecule has 1 aromatic heterocycles. The van der Waals surface area contributed by atoms with E-state index in [1.807, 2.05) is 0 Å². The van der Waals surface area contributed by atoms with Crippen LogP contribution in [0.2, 0.25) is 0 Å². The van der Waals surface area contributed by atoms with Crippen LogP contribution in [-0.4, -0.2) is 17.4 Å². The monoisotopic (exact) mass is 237 g/mol. The van der Waals surface area contributed by atoms with Crippen LogP contribution in [0.5, 0.6) is 0 Å². The normalized spacial score (nSPS) is 21.8. The number of carbonyl (C=O) groups is 1. The molecule has 0 aromatic carbocycles. The summed E-state index contributed by atoms with van der Waals surface area (Å²) in [6.45, 7) is 0.813. The van der Waals surface area contributed by atoms with Gasteiger partial charge in [-0.2, -0.15) is 0 Å². The Kier molecular flexibility index (Phi) is 2.17. The summed E-state index contributed by atoms with van der Waals surface area (Å²) in [7, 11) is 0. The molecule has 2 aliphatic rings. The van der Waals surface area contributed by atoms with Gasteiger partial charge in [0, 0.05) is 11.9 Å². The molecule has 16 heavy (non-hydrogen) atoms. The molecule has 0 saturated heterocycles. The molecule has 0 aliphatic heterocycles. The standard InChI is InChI=1S/C11H15N3OS/c12-10-14-8(5-16-10)9(15)13-6-11(3-4-11)7-1-2-7/h5,7H,1-4,6H2,(H2,12,14)(H,13,15). The molecule has 1 heterocycles. The van der Waals surface area contributed by atoms with Gasteiger partial charge < -0.3 is 11.1 Å². The third-order valence-corrected chi connectivity index (χ3v) is 4.37. The summed E-state index contributed by atoms with van der Waals surface area (Å²) >= 11 is 1.31. The minimum atomic E-state index is -0.0834. The molecule has 2 saturated carbocycles. The van der Waals surface area contributed by atoms with Gasteiger partial charge in [0.1, 0.15) is 5.69 Å². The van der Waals surface area contributed by atoms with Crippen LogP contribution in [0, 0.1) is 11.3 Å². The molecular formula is C11H15N3OS. The van der Waals surface area contributed by atoms with Crippen LogP contribution in [-0.2, 0) is 0 Å². The molecule has 0 radical (unpaired) electrons. The average Bonchev–Trinajstić information content (AvgIpc) is 3.14. The highest BCUT2D eigenvalue weighted by atomic mass is 32.1. The lowest BCUT2D eigenvalue weighted by molar-refractivity contribution is 0.0938. The molecule has 0 unspecified atom stereocenters. The van der Waals surface area contributed by atoms with Gasteiger partial charge in [0.2, 0.25) is 0 Å². The van der Waals surface area contributed by atoms with Gasteiger partial charge in [0.05, 0.1) is 0 Å². The fourth-order valence-corrected chi connectivity index (χ4v) is 2.87. The maximum absolute atomic E-state index is 11.8. The molecule has 1 amide bonds. The lowest BCUT2D eigenvalue weighted by Gasteiger charge is -2.14. The van der Waals surface area contributed by atoms with Crippen LogP contribution in [0.25, 0.3) is 0 Å². The highest BCUT2D eigenvalue weighted by molar-refractivity contribution is 7.13. The average molecular weight is 237 g/mol. The number of rotatable bonds is 4. The first-order chi connectivity index (χ1) is 7.70. The molecule has 0 bridgehead atoms. The summed E-state index contributed by atoms with van der Waals surface area (Å²) < 4.78 is 0. The third-order valence-electron chi connectivity index (χ3n) is 3.69. The first-order valence-electron chi connectivity index (χ1n) is 5.69. The SMILES string of the molecule is Nc1nc(C(=O)NCC2(C3CC3)CC2)cs1. The molecule has 3 N–H and O–H groups in total. The number of hydrogen-bond acceptors (Lipinski definition) is 4. The highest BCUT2D eigenvalue weighted by Crippen LogP contribution is 2.60. The topological polar surface area (TPSA) is 68.0 Å². The van der Waals surface area contributed by atoms with Gasteiger partial charge in [-0.05, 0) is 37.0 Å². The quantitative estimate of drug-likeness (QED) is 0.836. The number of nitrogens with two attached hydrogens (primary N) is 1. The van der Waals surface area contributed by atoms with Crippen LogP contribution < -0.4 is 11.1 Å². The summed E-state index contributed by atoms with van der Waals surface area (Å²) in [5.41, 5.74) is 6.39. The maximum Gasteiger partial charge on any atom is 0.270 e. The van der Waals surface area contributed by atoms with Crippen LogP contribution >= 0.6 is 11.3 Å². The van der Waals surface area contributed by atoms with Gasteiger partial charge in [-0.3, -0.25) is 4.79 Å². The molecule has 4 nitrogen and oxygen atoms in total. The predicted octanol–water partition coefficient (Wildman–Crippen LogP) is 1.65. The summed E-state index contributed by atoms with van der Waals surface area (Å²) in [5.74, 6) is 0.785. The van der Waals surface area contributed by atoms with Crippen LogP contribution in [0.1, 0.15) is 36.2 Å². The van der Waals surface area contributed by atoms with E-state index in [9.17, 15) is 4.79 Å². The Morgan fingerprint density at radius 3 is 2.88 bits per heavy atom. The van der Waals surface area contributed by atoms with Gasteiger partial charge in [0.15, 0.2) is 5.13 Å². The smallest absolute Gasteiger partial charge is 0.270 e. The van der Waals surface area contributed by atoms with Crippen molar-refractivity contribution in [2.24, 2.45) is 11.3 Å². The van der Waals surface area contributed by atoms with Crippen molar-refractivity contribution in [1.29, 1.82) is 0 Å². The summed E-state index contributed by atoms with van der Waals surface area (Å²) in [6.07, 6.45) is 5.24. The number of nitrogen functional groups attached to an aromatic ring is 1. The molecule has 0 spiro atoms. The molecule has 86 valence electrons. The van der Waals surface area contributed by atoms with E-state index in [-0.39, 0.29) is 5.91 Å². The number of nitrogens with zero attached hydrogens (tertiary/aromatic N) is 1. The molecule has 5 heteroatoms. The Morgan fingerprint density at radius 1 is 1.62 bits per heavy atom. The number of amides is 1. The van der Waals surface area contributed by atoms with Crippen molar-refractivity contribution in [3.63, 3.8) is 0 Å². The van der Waals surface area contributed by atoms with E-state index in [4.69, 9.17) is 5.73 Å². The Hall–Kier alpha value is -1.10. The second kappa shape index (κ2) is 3.45. The number of thiazole rings is 1. The molecule has 1 aromatic rings. The van der Waals surface area contributed by atoms with E-state index in [0.717, 1.165) is 12.5 Å². The zero-order valence-electron chi connectivity index (χ0n) is 9.03. The largest absolute Gasteiger partial charge is 0.375 e. The Bertz CT molecular complexity index is 421. The van der Waals surface area contributed by atoms with E-state index in [0.29, 0.717) is 16.2 Å². The van der Waals surface area contributed by atoms with Gasteiger partial charge in [-0.15, -0.1) is 11.3 Å². The van der Waals surface area contributed by atoms with Gasteiger partial charge in [0.25, 0.3) is 5.91 Å². The van der Waals surface area contributed by atoms with Crippen molar-refractivity contribution in [3.05, 3.63) is 11.1 Å². The molecular weight excluding hydrogens is 222 g/mol. The van der Waals surface area contributed by atoms with Crippen LogP contribution in [0.3, 0.4) is 0 Å². The summed E-state index contributed by atoms with van der Waals surface area (Å²) in [5, 5.41) is 5.15. The molecule has 2 fully saturated rings. The minimum Gasteiger partial charge on any atom is -0.375 e. The Balaban J connectivity index is 1.57. The van der Waals surface area contributed by atoms with Crippen LogP contribution in [0.4, 0.5) is 5.13 Å². The van der Waals surface area contributed by atoms with Crippen LogP contribution in [0.15, 0.2) is 5.38 Å². The summed E-state index contributed by atoms with van der Waals surface area (Å²) in [4.78, 5) is 15.7. The maximum atomic E-state index is 11.8. The zero-order valence-corrected chi connectivity index (χ0v) is 9.85. The number of anilines is 1. The Morgan fingerprint density at radius 2 is 2.38 bits per heavy atom. The molecule has 0 atom stereocenters. The van der Waals surface area contributed by atoms with Crippen molar-refractivity contribution in [2.45, 2.75) is 25.7 Å². The lowest BCUT2D eigenvalue weighted by Crippen LogP contribution is -2.31. The van der Waals surface area contributed by atoms with Crippen molar-refractivity contribution >= 4 is 22.4 Å². The van der Waals surface area contributed by atoms with E-state index >= 15 is 0 Å². The van der Waals surface area contributed by atoms with Crippen molar-refractivity contribution in [2.75, 3.05) is 12.3 Å². The predicted molar refractivity (Wildman–Crippen MR) is 63.3 cm³/mol. The van der Waals surface area contributed by atoms with Crippen molar-refractivity contribution in [1.82, 2.24) is 10.3 Å². The fourth-order valence-electron chi connectivity index (χ4n) is 2.32. The first-order valence-corrected chi connectivity index (χ1v) is 6.57. The number of aromatic nitrogens is 1. The van der Waals surface area contributed by atoms with Crippen molar-refractivity contribution in [3.8, 4) is 0 Å². The lowest BCUT2D eigenvalue weighted by atomic mass is 10.0. The van der Waals surface area contributed by atoms with Gasteiger partial charge >= 0.3 is 0 Å².